The first-order valence-corrected chi connectivity index (χ1v) is 12.5. The Morgan fingerprint density at radius 2 is 2.03 bits per heavy atom. The Morgan fingerprint density at radius 1 is 1.23 bits per heavy atom. The van der Waals surface area contributed by atoms with Crippen LogP contribution in [0.3, 0.4) is 0 Å². The second-order valence-electron chi connectivity index (χ2n) is 8.86. The van der Waals surface area contributed by atoms with Crippen LogP contribution in [0.15, 0.2) is 42.6 Å². The lowest BCUT2D eigenvalue weighted by molar-refractivity contribution is -0.198. The number of amides is 1. The molecular formula is C26H33ClN4O4. The van der Waals surface area contributed by atoms with Gasteiger partial charge in [-0.15, -0.1) is 0 Å². The van der Waals surface area contributed by atoms with Crippen molar-refractivity contribution in [3.8, 4) is 5.75 Å². The number of ether oxygens (including phenoxy) is 2. The minimum Gasteiger partial charge on any atom is -0.497 e. The van der Waals surface area contributed by atoms with Gasteiger partial charge >= 0.3 is 0 Å². The SMILES string of the molecule is COc1ccc(CN2CCC(Nc3ncc(/C=C/C(=O)NOC4CCCCO4)cc3Cl)CC2)cc1. The van der Waals surface area contributed by atoms with Crippen LogP contribution in [0.4, 0.5) is 5.82 Å². The fraction of sp³-hybridized carbons (Fsp3) is 0.462. The lowest BCUT2D eigenvalue weighted by Gasteiger charge is -2.32. The van der Waals surface area contributed by atoms with Gasteiger partial charge in [0.15, 0.2) is 6.29 Å². The molecule has 2 saturated heterocycles. The van der Waals surface area contributed by atoms with Gasteiger partial charge in [0, 0.05) is 51.0 Å². The van der Waals surface area contributed by atoms with E-state index in [1.807, 2.05) is 12.1 Å². The molecule has 3 heterocycles. The van der Waals surface area contributed by atoms with Crippen molar-refractivity contribution in [2.45, 2.75) is 51.0 Å². The van der Waals surface area contributed by atoms with E-state index in [4.69, 9.17) is 25.9 Å². The summed E-state index contributed by atoms with van der Waals surface area (Å²) in [5, 5.41) is 4.00. The molecule has 0 radical (unpaired) electrons. The van der Waals surface area contributed by atoms with E-state index in [1.165, 1.54) is 11.6 Å². The van der Waals surface area contributed by atoms with E-state index in [1.54, 1.807) is 25.4 Å². The number of aromatic nitrogens is 1. The Labute approximate surface area is 211 Å². The second-order valence-corrected chi connectivity index (χ2v) is 9.26. The molecule has 0 bridgehead atoms. The van der Waals surface area contributed by atoms with E-state index in [9.17, 15) is 4.79 Å². The van der Waals surface area contributed by atoms with Crippen LogP contribution in [0.5, 0.6) is 5.75 Å². The van der Waals surface area contributed by atoms with Gasteiger partial charge in [0.2, 0.25) is 0 Å². The van der Waals surface area contributed by atoms with Crippen molar-refractivity contribution in [1.82, 2.24) is 15.4 Å². The maximum absolute atomic E-state index is 12.0. The molecule has 2 aliphatic rings. The Hall–Kier alpha value is -2.65. The van der Waals surface area contributed by atoms with Gasteiger partial charge in [-0.1, -0.05) is 23.7 Å². The zero-order valence-electron chi connectivity index (χ0n) is 20.0. The van der Waals surface area contributed by atoms with Gasteiger partial charge < -0.3 is 14.8 Å². The molecule has 9 heteroatoms. The summed E-state index contributed by atoms with van der Waals surface area (Å²) in [7, 11) is 1.68. The number of carbonyl (C=O) groups excluding carboxylic acids is 1. The Balaban J connectivity index is 1.20. The monoisotopic (exact) mass is 500 g/mol. The number of hydrogen-bond acceptors (Lipinski definition) is 7. The van der Waals surface area contributed by atoms with Crippen LogP contribution in [-0.4, -0.2) is 54.9 Å². The van der Waals surface area contributed by atoms with Crippen molar-refractivity contribution in [1.29, 1.82) is 0 Å². The first-order chi connectivity index (χ1) is 17.1. The largest absolute Gasteiger partial charge is 0.497 e. The first kappa shape index (κ1) is 25.4. The molecule has 35 heavy (non-hydrogen) atoms. The molecule has 2 fully saturated rings. The molecule has 4 rings (SSSR count). The average molecular weight is 501 g/mol. The van der Waals surface area contributed by atoms with Gasteiger partial charge in [-0.25, -0.2) is 15.3 Å². The number of hydrogen-bond donors (Lipinski definition) is 2. The Kier molecular flexibility index (Phi) is 9.36. The number of carbonyl (C=O) groups is 1. The Bertz CT molecular complexity index is 987. The number of piperidine rings is 1. The van der Waals surface area contributed by atoms with Crippen LogP contribution in [0.1, 0.15) is 43.2 Å². The minimum atomic E-state index is -0.378. The lowest BCUT2D eigenvalue weighted by atomic mass is 10.0. The van der Waals surface area contributed by atoms with Gasteiger partial charge in [0.05, 0.1) is 12.1 Å². The maximum atomic E-state index is 12.0. The number of methoxy groups -OCH3 is 1. The van der Waals surface area contributed by atoms with E-state index in [0.717, 1.165) is 63.1 Å². The van der Waals surface area contributed by atoms with Crippen molar-refractivity contribution in [2.75, 3.05) is 32.1 Å². The summed E-state index contributed by atoms with van der Waals surface area (Å²) < 4.78 is 10.7. The molecule has 0 saturated carbocycles. The van der Waals surface area contributed by atoms with E-state index < -0.39 is 0 Å². The third-order valence-corrected chi connectivity index (χ3v) is 6.50. The average Bonchev–Trinajstić information content (AvgIpc) is 2.90. The minimum absolute atomic E-state index is 0.318. The third-order valence-electron chi connectivity index (χ3n) is 6.21. The quantitative estimate of drug-likeness (QED) is 0.389. The maximum Gasteiger partial charge on any atom is 0.267 e. The first-order valence-electron chi connectivity index (χ1n) is 12.1. The summed E-state index contributed by atoms with van der Waals surface area (Å²) in [4.78, 5) is 24.2. The van der Waals surface area contributed by atoms with Crippen LogP contribution >= 0.6 is 11.6 Å². The smallest absolute Gasteiger partial charge is 0.267 e. The fourth-order valence-corrected chi connectivity index (χ4v) is 4.43. The van der Waals surface area contributed by atoms with Gasteiger partial charge in [0.25, 0.3) is 5.91 Å². The van der Waals surface area contributed by atoms with E-state index >= 15 is 0 Å². The number of benzene rings is 1. The summed E-state index contributed by atoms with van der Waals surface area (Å²) in [6, 6.07) is 10.4. The number of likely N-dealkylation sites (tertiary alicyclic amines) is 1. The zero-order valence-corrected chi connectivity index (χ0v) is 20.8. The summed E-state index contributed by atoms with van der Waals surface area (Å²) in [5.41, 5.74) is 4.42. The Morgan fingerprint density at radius 3 is 2.71 bits per heavy atom. The zero-order chi connectivity index (χ0) is 24.5. The molecule has 1 amide bonds. The summed E-state index contributed by atoms with van der Waals surface area (Å²) >= 11 is 6.47. The molecule has 1 aromatic heterocycles. The highest BCUT2D eigenvalue weighted by atomic mass is 35.5. The predicted octanol–water partition coefficient (Wildman–Crippen LogP) is 4.41. The van der Waals surface area contributed by atoms with Gasteiger partial charge in [-0.3, -0.25) is 9.69 Å². The fourth-order valence-electron chi connectivity index (χ4n) is 4.20. The molecule has 8 nitrogen and oxygen atoms in total. The molecule has 1 aromatic carbocycles. The number of halogens is 1. The summed E-state index contributed by atoms with van der Waals surface area (Å²) in [5.74, 6) is 1.18. The van der Waals surface area contributed by atoms with Crippen LogP contribution in [0, 0.1) is 0 Å². The highest BCUT2D eigenvalue weighted by Gasteiger charge is 2.20. The molecule has 0 spiro atoms. The summed E-state index contributed by atoms with van der Waals surface area (Å²) in [6.07, 6.45) is 9.22. The molecule has 2 N–H and O–H groups in total. The van der Waals surface area contributed by atoms with Gasteiger partial charge in [-0.2, -0.15) is 0 Å². The molecule has 0 aliphatic carbocycles. The second kappa shape index (κ2) is 12.9. The van der Waals surface area contributed by atoms with Crippen molar-refractivity contribution in [3.63, 3.8) is 0 Å². The molecule has 188 valence electrons. The molecule has 1 unspecified atom stereocenters. The van der Waals surface area contributed by atoms with Crippen molar-refractivity contribution in [3.05, 3.63) is 58.8 Å². The molecule has 2 aliphatic heterocycles. The molecule has 1 atom stereocenters. The molecular weight excluding hydrogens is 468 g/mol. The van der Waals surface area contributed by atoms with Gasteiger partial charge in [0.1, 0.15) is 11.6 Å². The van der Waals surface area contributed by atoms with E-state index in [2.05, 4.69) is 32.8 Å². The summed E-state index contributed by atoms with van der Waals surface area (Å²) in [6.45, 7) is 3.60. The van der Waals surface area contributed by atoms with Crippen molar-refractivity contribution >= 4 is 29.4 Å². The number of nitrogens with zero attached hydrogens (tertiary/aromatic N) is 2. The lowest BCUT2D eigenvalue weighted by Crippen LogP contribution is -2.38. The standard InChI is InChI=1S/C26H33ClN4O4/c1-33-22-8-5-19(6-9-22)18-31-13-11-21(12-14-31)29-26-23(27)16-20(17-28-26)7-10-24(32)30-35-25-4-2-3-15-34-25/h5-10,16-17,21,25H,2-4,11-15,18H2,1H3,(H,28,29)(H,30,32)/b10-7+. The third kappa shape index (κ3) is 7.93. The highest BCUT2D eigenvalue weighted by Crippen LogP contribution is 2.24. The van der Waals surface area contributed by atoms with Crippen molar-refractivity contribution in [2.24, 2.45) is 0 Å². The van der Waals surface area contributed by atoms with E-state index in [-0.39, 0.29) is 12.2 Å². The predicted molar refractivity (Wildman–Crippen MR) is 136 cm³/mol. The number of anilines is 1. The van der Waals surface area contributed by atoms with Crippen LogP contribution < -0.4 is 15.5 Å². The normalized spacial score (nSPS) is 19.5. The van der Waals surface area contributed by atoms with Crippen molar-refractivity contribution < 1.29 is 19.1 Å². The van der Waals surface area contributed by atoms with Gasteiger partial charge in [-0.05, 0) is 61.1 Å². The highest BCUT2D eigenvalue weighted by molar-refractivity contribution is 6.33. The molecule has 2 aromatic rings. The number of pyridine rings is 1. The van der Waals surface area contributed by atoms with Crippen LogP contribution in [0.2, 0.25) is 5.02 Å². The van der Waals surface area contributed by atoms with E-state index in [0.29, 0.717) is 23.5 Å². The topological polar surface area (TPSA) is 85.0 Å². The number of nitrogens with one attached hydrogen (secondary N) is 2. The van der Waals surface area contributed by atoms with Crippen LogP contribution in [0.25, 0.3) is 6.08 Å². The number of hydroxylamine groups is 1. The van der Waals surface area contributed by atoms with Crippen LogP contribution in [-0.2, 0) is 20.9 Å². The number of rotatable bonds is 9.